The summed E-state index contributed by atoms with van der Waals surface area (Å²) in [5, 5.41) is 0. The van der Waals surface area contributed by atoms with Crippen molar-refractivity contribution in [2.75, 3.05) is 4.90 Å². The van der Waals surface area contributed by atoms with Gasteiger partial charge in [0, 0.05) is 33.5 Å². The first-order valence-electron chi connectivity index (χ1n) is 15.7. The maximum Gasteiger partial charge on any atom is 0.150 e. The molecule has 0 radical (unpaired) electrons. The molecule has 8 rings (SSSR count). The first kappa shape index (κ1) is 27.3. The van der Waals surface area contributed by atoms with E-state index in [2.05, 4.69) is 160 Å². The van der Waals surface area contributed by atoms with Crippen molar-refractivity contribution in [3.63, 3.8) is 0 Å². The number of fused-ring (bicyclic) bond motifs is 6. The summed E-state index contributed by atoms with van der Waals surface area (Å²) < 4.78 is 0. The molecular weight excluding hydrogens is 546 g/mol. The fraction of sp³-hybridized carbons (Fsp3) is 0.140. The molecule has 0 unspecified atom stereocenters. The van der Waals surface area contributed by atoms with Crippen LogP contribution < -0.4 is 4.90 Å². The molecule has 0 bridgehead atoms. The van der Waals surface area contributed by atoms with Crippen molar-refractivity contribution in [2.45, 2.75) is 38.5 Å². The molecule has 6 aromatic rings. The molecule has 0 fully saturated rings. The van der Waals surface area contributed by atoms with E-state index >= 15 is 0 Å². The van der Waals surface area contributed by atoms with Gasteiger partial charge >= 0.3 is 0 Å². The molecule has 6 aromatic carbocycles. The Morgan fingerprint density at radius 2 is 0.889 bits per heavy atom. The third-order valence-electron chi connectivity index (χ3n) is 10.1. The van der Waals surface area contributed by atoms with E-state index in [1.54, 1.807) is 0 Å². The Kier molecular flexibility index (Phi) is 6.02. The largest absolute Gasteiger partial charge is 0.311 e. The lowest BCUT2D eigenvalue weighted by Crippen LogP contribution is -2.17. The average Bonchev–Trinajstić information content (AvgIpc) is 3.43. The predicted octanol–water partition coefficient (Wildman–Crippen LogP) is 11.2. The lowest BCUT2D eigenvalue weighted by atomic mass is 9.79. The molecule has 0 aromatic heterocycles. The second-order valence-electron chi connectivity index (χ2n) is 13.4. The number of rotatable bonds is 5. The van der Waals surface area contributed by atoms with Crippen LogP contribution in [0.3, 0.4) is 0 Å². The quantitative estimate of drug-likeness (QED) is 0.189. The number of hydrogen-bond donors (Lipinski definition) is 0. The SMILES string of the molecule is CC1(C)c2cc(C=O)ccc2-c2cc3c(cc21)-c1ccc(-c2ccc(N(c4ccccc4)c4ccccc4)cc2)cc1C3(C)C. The molecule has 0 saturated carbocycles. The standard InChI is InChI=1S/C43H35NO/c1-42(2)38-23-28(27-45)15-21-34(38)36-25-41-37(26-40(36)42)35-22-18-30(24-39(35)43(41,3)4)29-16-19-33(20-17-29)44(31-11-7-5-8-12-31)32-13-9-6-10-14-32/h5-27H,1-4H3. The van der Waals surface area contributed by atoms with E-state index in [9.17, 15) is 4.79 Å². The Morgan fingerprint density at radius 3 is 1.42 bits per heavy atom. The summed E-state index contributed by atoms with van der Waals surface area (Å²) in [6.07, 6.45) is 0.951. The number of anilines is 3. The van der Waals surface area contributed by atoms with Crippen LogP contribution in [-0.4, -0.2) is 6.29 Å². The summed E-state index contributed by atoms with van der Waals surface area (Å²) in [5.41, 5.74) is 16.8. The second kappa shape index (κ2) is 9.90. The van der Waals surface area contributed by atoms with E-state index in [0.717, 1.165) is 28.9 Å². The van der Waals surface area contributed by atoms with Gasteiger partial charge in [-0.15, -0.1) is 0 Å². The molecule has 2 heteroatoms. The molecule has 0 atom stereocenters. The number of para-hydroxylation sites is 2. The van der Waals surface area contributed by atoms with Gasteiger partial charge in [-0.25, -0.2) is 0 Å². The number of hydrogen-bond acceptors (Lipinski definition) is 2. The maximum atomic E-state index is 11.6. The van der Waals surface area contributed by atoms with E-state index in [1.807, 2.05) is 6.07 Å². The van der Waals surface area contributed by atoms with E-state index in [0.29, 0.717) is 0 Å². The molecular formula is C43H35NO. The van der Waals surface area contributed by atoms with Crippen molar-refractivity contribution in [3.05, 3.63) is 161 Å². The Labute approximate surface area is 265 Å². The van der Waals surface area contributed by atoms with Crippen LogP contribution in [0.25, 0.3) is 33.4 Å². The summed E-state index contributed by atoms with van der Waals surface area (Å²) in [4.78, 5) is 13.9. The Morgan fingerprint density at radius 1 is 0.444 bits per heavy atom. The van der Waals surface area contributed by atoms with Crippen LogP contribution in [0.1, 0.15) is 60.3 Å². The molecule has 0 heterocycles. The molecule has 0 N–H and O–H groups in total. The van der Waals surface area contributed by atoms with Gasteiger partial charge in [0.1, 0.15) is 6.29 Å². The van der Waals surface area contributed by atoms with Crippen LogP contribution >= 0.6 is 0 Å². The smallest absolute Gasteiger partial charge is 0.150 e. The van der Waals surface area contributed by atoms with E-state index in [-0.39, 0.29) is 10.8 Å². The van der Waals surface area contributed by atoms with Gasteiger partial charge < -0.3 is 4.90 Å². The second-order valence-corrected chi connectivity index (χ2v) is 13.4. The van der Waals surface area contributed by atoms with E-state index < -0.39 is 0 Å². The summed E-state index contributed by atoms with van der Waals surface area (Å²) in [5.74, 6) is 0. The number of aldehydes is 1. The molecule has 218 valence electrons. The van der Waals surface area contributed by atoms with Crippen molar-refractivity contribution in [2.24, 2.45) is 0 Å². The highest BCUT2D eigenvalue weighted by molar-refractivity contribution is 5.92. The molecule has 0 spiro atoms. The molecule has 0 saturated heterocycles. The van der Waals surface area contributed by atoms with Crippen molar-refractivity contribution in [3.8, 4) is 33.4 Å². The zero-order valence-corrected chi connectivity index (χ0v) is 26.1. The van der Waals surface area contributed by atoms with Crippen LogP contribution in [-0.2, 0) is 10.8 Å². The van der Waals surface area contributed by atoms with Gasteiger partial charge in [-0.1, -0.05) is 100 Å². The lowest BCUT2D eigenvalue weighted by molar-refractivity contribution is 0.112. The highest BCUT2D eigenvalue weighted by Crippen LogP contribution is 2.56. The van der Waals surface area contributed by atoms with E-state index in [1.165, 1.54) is 55.6 Å². The van der Waals surface area contributed by atoms with Crippen LogP contribution in [0, 0.1) is 0 Å². The molecule has 2 aliphatic rings. The minimum absolute atomic E-state index is 0.136. The number of carbonyl (C=O) groups excluding carboxylic acids is 1. The zero-order valence-electron chi connectivity index (χ0n) is 26.1. The third kappa shape index (κ3) is 4.13. The average molecular weight is 582 g/mol. The Bertz CT molecular complexity index is 2070. The van der Waals surface area contributed by atoms with E-state index in [4.69, 9.17) is 0 Å². The maximum absolute atomic E-state index is 11.6. The molecule has 0 amide bonds. The van der Waals surface area contributed by atoms with Crippen LogP contribution in [0.5, 0.6) is 0 Å². The van der Waals surface area contributed by atoms with Gasteiger partial charge in [-0.05, 0) is 116 Å². The fourth-order valence-electron chi connectivity index (χ4n) is 7.64. The van der Waals surface area contributed by atoms with Crippen molar-refractivity contribution >= 4 is 23.3 Å². The summed E-state index contributed by atoms with van der Waals surface area (Å²) in [6.45, 7) is 9.27. The predicted molar refractivity (Wildman–Crippen MR) is 187 cm³/mol. The first-order chi connectivity index (χ1) is 21.8. The Balaban J connectivity index is 1.17. The highest BCUT2D eigenvalue weighted by Gasteiger charge is 2.41. The Hall–Kier alpha value is -5.21. The van der Waals surface area contributed by atoms with Crippen molar-refractivity contribution < 1.29 is 4.79 Å². The molecule has 0 aliphatic heterocycles. The lowest BCUT2D eigenvalue weighted by Gasteiger charge is -2.25. The number of nitrogens with zero attached hydrogens (tertiary/aromatic N) is 1. The normalized spacial score (nSPS) is 14.7. The summed E-state index contributed by atoms with van der Waals surface area (Å²) in [7, 11) is 0. The highest BCUT2D eigenvalue weighted by atomic mass is 16.1. The third-order valence-corrected chi connectivity index (χ3v) is 10.1. The molecule has 2 aliphatic carbocycles. The fourth-order valence-corrected chi connectivity index (χ4v) is 7.64. The summed E-state index contributed by atoms with van der Waals surface area (Å²) >= 11 is 0. The van der Waals surface area contributed by atoms with Crippen LogP contribution in [0.4, 0.5) is 17.1 Å². The van der Waals surface area contributed by atoms with Gasteiger partial charge in [-0.3, -0.25) is 4.79 Å². The van der Waals surface area contributed by atoms with Crippen LogP contribution in [0.15, 0.2) is 133 Å². The minimum Gasteiger partial charge on any atom is -0.311 e. The van der Waals surface area contributed by atoms with Gasteiger partial charge in [-0.2, -0.15) is 0 Å². The van der Waals surface area contributed by atoms with Crippen molar-refractivity contribution in [1.29, 1.82) is 0 Å². The van der Waals surface area contributed by atoms with Crippen LogP contribution in [0.2, 0.25) is 0 Å². The minimum atomic E-state index is -0.166. The van der Waals surface area contributed by atoms with Gasteiger partial charge in [0.15, 0.2) is 0 Å². The van der Waals surface area contributed by atoms with Crippen molar-refractivity contribution in [1.82, 2.24) is 0 Å². The van der Waals surface area contributed by atoms with Gasteiger partial charge in [0.25, 0.3) is 0 Å². The monoisotopic (exact) mass is 581 g/mol. The first-order valence-corrected chi connectivity index (χ1v) is 15.7. The number of benzene rings is 6. The molecule has 2 nitrogen and oxygen atoms in total. The summed E-state index contributed by atoms with van der Waals surface area (Å²) in [6, 6.07) is 48.0. The van der Waals surface area contributed by atoms with Gasteiger partial charge in [0.2, 0.25) is 0 Å². The molecule has 45 heavy (non-hydrogen) atoms. The zero-order chi connectivity index (χ0) is 30.9. The number of carbonyl (C=O) groups is 1. The van der Waals surface area contributed by atoms with Gasteiger partial charge in [0.05, 0.1) is 0 Å². The topological polar surface area (TPSA) is 20.3 Å².